The number of ether oxygens (including phenoxy) is 2. The first kappa shape index (κ1) is 18.7. The van der Waals surface area contributed by atoms with Crippen molar-refractivity contribution in [2.24, 2.45) is 0 Å². The summed E-state index contributed by atoms with van der Waals surface area (Å²) in [5.41, 5.74) is 1.01. The third-order valence-electron chi connectivity index (χ3n) is 4.03. The van der Waals surface area contributed by atoms with Gasteiger partial charge in [0.05, 0.1) is 24.5 Å². The van der Waals surface area contributed by atoms with Gasteiger partial charge in [0.1, 0.15) is 5.75 Å². The van der Waals surface area contributed by atoms with Crippen LogP contribution in [0.25, 0.3) is 5.69 Å². The molecule has 3 rings (SSSR count). The van der Waals surface area contributed by atoms with Crippen LogP contribution in [0, 0.1) is 6.92 Å². The van der Waals surface area contributed by atoms with Gasteiger partial charge in [-0.25, -0.2) is 9.48 Å². The Morgan fingerprint density at radius 1 is 1.33 bits per heavy atom. The molecular formula is C16H16F2N4O5. The van der Waals surface area contributed by atoms with Gasteiger partial charge in [0, 0.05) is 6.54 Å². The highest BCUT2D eigenvalue weighted by Gasteiger charge is 2.31. The van der Waals surface area contributed by atoms with Crippen molar-refractivity contribution in [3.05, 3.63) is 35.7 Å². The van der Waals surface area contributed by atoms with E-state index in [9.17, 15) is 18.4 Å². The number of carboxylic acid groups (broad SMARTS) is 1. The van der Waals surface area contributed by atoms with Gasteiger partial charge in [0.15, 0.2) is 11.8 Å². The Morgan fingerprint density at radius 2 is 2.04 bits per heavy atom. The fourth-order valence-corrected chi connectivity index (χ4v) is 2.67. The molecule has 0 aliphatic carbocycles. The molecule has 1 amide bonds. The van der Waals surface area contributed by atoms with Crippen molar-refractivity contribution in [3.63, 3.8) is 0 Å². The van der Waals surface area contributed by atoms with Crippen LogP contribution in [0.3, 0.4) is 0 Å². The Labute approximate surface area is 152 Å². The second kappa shape index (κ2) is 7.66. The van der Waals surface area contributed by atoms with Crippen molar-refractivity contribution in [1.82, 2.24) is 19.9 Å². The summed E-state index contributed by atoms with van der Waals surface area (Å²) in [5, 5.41) is 16.9. The second-order valence-electron chi connectivity index (χ2n) is 5.76. The highest BCUT2D eigenvalue weighted by Crippen LogP contribution is 2.19. The predicted octanol–water partition coefficient (Wildman–Crippen LogP) is 1.10. The van der Waals surface area contributed by atoms with Crippen LogP contribution in [0.2, 0.25) is 0 Å². The van der Waals surface area contributed by atoms with Gasteiger partial charge in [0.25, 0.3) is 5.91 Å². The summed E-state index contributed by atoms with van der Waals surface area (Å²) in [4.78, 5) is 25.1. The van der Waals surface area contributed by atoms with Crippen LogP contribution >= 0.6 is 0 Å². The smallest absolute Gasteiger partial charge is 0.387 e. The van der Waals surface area contributed by atoms with Crippen LogP contribution in [0.1, 0.15) is 16.2 Å². The number of hydrogen-bond acceptors (Lipinski definition) is 6. The quantitative estimate of drug-likeness (QED) is 0.825. The monoisotopic (exact) mass is 382 g/mol. The molecule has 2 aromatic rings. The van der Waals surface area contributed by atoms with E-state index < -0.39 is 24.6 Å². The van der Waals surface area contributed by atoms with Gasteiger partial charge in [-0.2, -0.15) is 8.78 Å². The molecule has 1 fully saturated rings. The molecule has 1 atom stereocenters. The lowest BCUT2D eigenvalue weighted by Gasteiger charge is -2.30. The average Bonchev–Trinajstić information content (AvgIpc) is 3.03. The van der Waals surface area contributed by atoms with Gasteiger partial charge in [-0.1, -0.05) is 5.21 Å². The second-order valence-corrected chi connectivity index (χ2v) is 5.76. The molecule has 1 N–H and O–H groups in total. The minimum absolute atomic E-state index is 0.00384. The SMILES string of the molecule is Cc1c(C(=O)N2CCOC(C(=O)O)C2)nnn1-c1ccc(OC(F)F)cc1. The number of carboxylic acids is 1. The number of rotatable bonds is 5. The van der Waals surface area contributed by atoms with E-state index in [1.165, 1.54) is 33.8 Å². The third kappa shape index (κ3) is 4.03. The number of aliphatic carboxylic acids is 1. The lowest BCUT2D eigenvalue weighted by atomic mass is 10.2. The molecule has 144 valence electrons. The number of halogens is 2. The molecule has 0 radical (unpaired) electrons. The largest absolute Gasteiger partial charge is 0.479 e. The lowest BCUT2D eigenvalue weighted by molar-refractivity contribution is -0.154. The van der Waals surface area contributed by atoms with E-state index in [-0.39, 0.29) is 31.1 Å². The third-order valence-corrected chi connectivity index (χ3v) is 4.03. The fraction of sp³-hybridized carbons (Fsp3) is 0.375. The maximum Gasteiger partial charge on any atom is 0.387 e. The molecular weight excluding hydrogens is 366 g/mol. The number of nitrogens with zero attached hydrogens (tertiary/aromatic N) is 4. The number of aromatic nitrogens is 3. The fourth-order valence-electron chi connectivity index (χ4n) is 2.67. The topological polar surface area (TPSA) is 107 Å². The minimum Gasteiger partial charge on any atom is -0.479 e. The molecule has 0 bridgehead atoms. The van der Waals surface area contributed by atoms with Crippen molar-refractivity contribution in [2.75, 3.05) is 19.7 Å². The highest BCUT2D eigenvalue weighted by molar-refractivity contribution is 5.93. The average molecular weight is 382 g/mol. The summed E-state index contributed by atoms with van der Waals surface area (Å²) < 4.78 is 35.2. The summed E-state index contributed by atoms with van der Waals surface area (Å²) in [5.74, 6) is -1.60. The van der Waals surface area contributed by atoms with E-state index in [1.54, 1.807) is 6.92 Å². The Bertz CT molecular complexity index is 840. The first-order valence-electron chi connectivity index (χ1n) is 7.98. The zero-order chi connectivity index (χ0) is 19.6. The highest BCUT2D eigenvalue weighted by atomic mass is 19.3. The molecule has 9 nitrogen and oxygen atoms in total. The maximum absolute atomic E-state index is 12.7. The molecule has 1 aliphatic rings. The Balaban J connectivity index is 1.78. The van der Waals surface area contributed by atoms with Crippen molar-refractivity contribution in [2.45, 2.75) is 19.6 Å². The first-order chi connectivity index (χ1) is 12.9. The van der Waals surface area contributed by atoms with Crippen LogP contribution < -0.4 is 4.74 Å². The van der Waals surface area contributed by atoms with Crippen molar-refractivity contribution in [1.29, 1.82) is 0 Å². The van der Waals surface area contributed by atoms with Crippen LogP contribution in [-0.4, -0.2) is 69.3 Å². The molecule has 11 heteroatoms. The van der Waals surface area contributed by atoms with Crippen molar-refractivity contribution < 1.29 is 33.0 Å². The van der Waals surface area contributed by atoms with Gasteiger partial charge < -0.3 is 19.5 Å². The van der Waals surface area contributed by atoms with Crippen LogP contribution in [0.15, 0.2) is 24.3 Å². The maximum atomic E-state index is 12.7. The minimum atomic E-state index is -2.92. The molecule has 0 spiro atoms. The zero-order valence-corrected chi connectivity index (χ0v) is 14.2. The van der Waals surface area contributed by atoms with Crippen molar-refractivity contribution >= 4 is 11.9 Å². The van der Waals surface area contributed by atoms with Gasteiger partial charge in [-0.3, -0.25) is 4.79 Å². The van der Waals surface area contributed by atoms with Gasteiger partial charge >= 0.3 is 12.6 Å². The summed E-state index contributed by atoms with van der Waals surface area (Å²) >= 11 is 0. The van der Waals surface area contributed by atoms with E-state index >= 15 is 0 Å². The summed E-state index contributed by atoms with van der Waals surface area (Å²) in [7, 11) is 0. The summed E-state index contributed by atoms with van der Waals surface area (Å²) in [6, 6.07) is 5.71. The normalized spacial score (nSPS) is 17.2. The molecule has 1 unspecified atom stereocenters. The number of alkyl halides is 2. The number of hydrogen-bond donors (Lipinski definition) is 1. The molecule has 1 aromatic heterocycles. The molecule has 2 heterocycles. The first-order valence-corrected chi connectivity index (χ1v) is 7.98. The standard InChI is InChI=1S/C16H16F2N4O5/c1-9-13(14(23)21-6-7-26-12(8-21)15(24)25)19-20-22(9)10-2-4-11(5-3-10)27-16(17)18/h2-5,12,16H,6-8H2,1H3,(H,24,25). The van der Waals surface area contributed by atoms with E-state index in [1.807, 2.05) is 0 Å². The van der Waals surface area contributed by atoms with E-state index in [0.717, 1.165) is 0 Å². The number of morpholine rings is 1. The van der Waals surface area contributed by atoms with E-state index in [2.05, 4.69) is 15.0 Å². The van der Waals surface area contributed by atoms with Crippen LogP contribution in [0.5, 0.6) is 5.75 Å². The van der Waals surface area contributed by atoms with Gasteiger partial charge in [0.2, 0.25) is 0 Å². The molecule has 1 aromatic carbocycles. The molecule has 0 saturated carbocycles. The van der Waals surface area contributed by atoms with Crippen LogP contribution in [-0.2, 0) is 9.53 Å². The van der Waals surface area contributed by atoms with E-state index in [0.29, 0.717) is 11.4 Å². The lowest BCUT2D eigenvalue weighted by Crippen LogP contribution is -2.48. The summed E-state index contributed by atoms with van der Waals surface area (Å²) in [6.07, 6.45) is -1.08. The Kier molecular flexibility index (Phi) is 5.31. The van der Waals surface area contributed by atoms with Gasteiger partial charge in [-0.15, -0.1) is 5.10 Å². The molecule has 27 heavy (non-hydrogen) atoms. The zero-order valence-electron chi connectivity index (χ0n) is 14.2. The van der Waals surface area contributed by atoms with Crippen LogP contribution in [0.4, 0.5) is 8.78 Å². The number of carbonyl (C=O) groups excluding carboxylic acids is 1. The summed E-state index contributed by atoms with van der Waals surface area (Å²) in [6.45, 7) is -1.02. The molecule has 1 aliphatic heterocycles. The Hall–Kier alpha value is -3.08. The predicted molar refractivity (Wildman–Crippen MR) is 86.0 cm³/mol. The number of benzene rings is 1. The van der Waals surface area contributed by atoms with Crippen molar-refractivity contribution in [3.8, 4) is 11.4 Å². The number of amides is 1. The number of carbonyl (C=O) groups is 2. The van der Waals surface area contributed by atoms with Gasteiger partial charge in [-0.05, 0) is 31.2 Å². The molecule has 1 saturated heterocycles. The van der Waals surface area contributed by atoms with E-state index in [4.69, 9.17) is 9.84 Å². The Morgan fingerprint density at radius 3 is 2.67 bits per heavy atom.